The second-order valence-corrected chi connectivity index (χ2v) is 6.85. The molecule has 0 aromatic carbocycles. The normalized spacial score (nSPS) is 26.2. The third kappa shape index (κ3) is 8.26. The molecule has 0 saturated carbocycles. The Morgan fingerprint density at radius 2 is 1.40 bits per heavy atom. The summed E-state index contributed by atoms with van der Waals surface area (Å²) in [5, 5.41) is 9.42. The molecule has 1 fully saturated rings. The van der Waals surface area contributed by atoms with Crippen molar-refractivity contribution in [3.63, 3.8) is 0 Å². The van der Waals surface area contributed by atoms with Gasteiger partial charge in [0, 0.05) is 6.42 Å². The van der Waals surface area contributed by atoms with Crippen molar-refractivity contribution in [2.24, 2.45) is 0 Å². The van der Waals surface area contributed by atoms with Gasteiger partial charge in [0.1, 0.15) is 0 Å². The molecule has 2 heteroatoms. The Hall–Kier alpha value is -0.0800. The minimum atomic E-state index is -0.507. The summed E-state index contributed by atoms with van der Waals surface area (Å²) in [5.74, 6) is 0. The quantitative estimate of drug-likeness (QED) is 0.474. The smallest absolute Gasteiger partial charge is 0.155 e. The second kappa shape index (κ2) is 10.6. The predicted octanol–water partition coefficient (Wildman–Crippen LogP) is 5.58. The van der Waals surface area contributed by atoms with Crippen LogP contribution in [0.5, 0.6) is 0 Å². The van der Waals surface area contributed by atoms with Gasteiger partial charge in [0.05, 0.1) is 5.60 Å². The Labute approximate surface area is 126 Å². The van der Waals surface area contributed by atoms with Crippen LogP contribution >= 0.6 is 0 Å². The molecule has 1 rings (SSSR count). The van der Waals surface area contributed by atoms with Gasteiger partial charge in [0.2, 0.25) is 0 Å². The largest absolute Gasteiger partial charge is 0.368 e. The molecule has 2 nitrogen and oxygen atoms in total. The average molecular weight is 284 g/mol. The molecule has 0 bridgehead atoms. The Morgan fingerprint density at radius 3 is 1.85 bits per heavy atom. The fourth-order valence-corrected chi connectivity index (χ4v) is 3.22. The van der Waals surface area contributed by atoms with Gasteiger partial charge in [0.15, 0.2) is 6.29 Å². The summed E-state index contributed by atoms with van der Waals surface area (Å²) in [6.45, 7) is 4.43. The third-order valence-corrected chi connectivity index (χ3v) is 4.65. The lowest BCUT2D eigenvalue weighted by atomic mass is 9.94. The zero-order chi connectivity index (χ0) is 14.7. The maximum atomic E-state index is 9.42. The number of aliphatic hydroxyl groups is 1. The summed E-state index contributed by atoms with van der Waals surface area (Å²) in [5.41, 5.74) is -0.0430. The van der Waals surface area contributed by atoms with Gasteiger partial charge in [-0.05, 0) is 19.8 Å². The standard InChI is InChI=1S/C18H36O2/c1-3-4-5-6-7-8-9-10-11-12-13-15-18(2)16-14-17(19)20-18/h17,19H,3-16H2,1-2H3. The summed E-state index contributed by atoms with van der Waals surface area (Å²) in [4.78, 5) is 0. The van der Waals surface area contributed by atoms with E-state index in [0.717, 1.165) is 19.3 Å². The lowest BCUT2D eigenvalue weighted by Gasteiger charge is -2.23. The van der Waals surface area contributed by atoms with Gasteiger partial charge in [-0.1, -0.05) is 77.6 Å². The van der Waals surface area contributed by atoms with Gasteiger partial charge in [-0.15, -0.1) is 0 Å². The second-order valence-electron chi connectivity index (χ2n) is 6.85. The SMILES string of the molecule is CCCCCCCCCCCCCC1(C)CCC(O)O1. The average Bonchev–Trinajstić information content (AvgIpc) is 2.76. The molecule has 2 unspecified atom stereocenters. The molecule has 1 saturated heterocycles. The van der Waals surface area contributed by atoms with Gasteiger partial charge < -0.3 is 9.84 Å². The van der Waals surface area contributed by atoms with Crippen LogP contribution in [0.4, 0.5) is 0 Å². The van der Waals surface area contributed by atoms with E-state index in [0.29, 0.717) is 0 Å². The van der Waals surface area contributed by atoms with Crippen LogP contribution in [0.2, 0.25) is 0 Å². The van der Waals surface area contributed by atoms with E-state index in [1.54, 1.807) is 0 Å². The summed E-state index contributed by atoms with van der Waals surface area (Å²) in [7, 11) is 0. The molecule has 1 aliphatic rings. The van der Waals surface area contributed by atoms with Crippen molar-refractivity contribution in [3.8, 4) is 0 Å². The first-order valence-electron chi connectivity index (χ1n) is 9.02. The van der Waals surface area contributed by atoms with E-state index in [1.165, 1.54) is 70.6 Å². The molecule has 1 heterocycles. The first kappa shape index (κ1) is 18.0. The van der Waals surface area contributed by atoms with E-state index in [4.69, 9.17) is 4.74 Å². The van der Waals surface area contributed by atoms with Crippen molar-refractivity contribution in [2.45, 2.75) is 116 Å². The third-order valence-electron chi connectivity index (χ3n) is 4.65. The van der Waals surface area contributed by atoms with Crippen LogP contribution in [0.1, 0.15) is 104 Å². The van der Waals surface area contributed by atoms with E-state index >= 15 is 0 Å². The zero-order valence-electron chi connectivity index (χ0n) is 13.8. The molecule has 0 radical (unpaired) electrons. The van der Waals surface area contributed by atoms with Crippen LogP contribution in [-0.2, 0) is 4.74 Å². The van der Waals surface area contributed by atoms with Crippen LogP contribution in [0, 0.1) is 0 Å². The van der Waals surface area contributed by atoms with Gasteiger partial charge >= 0.3 is 0 Å². The highest BCUT2D eigenvalue weighted by molar-refractivity contribution is 4.81. The summed E-state index contributed by atoms with van der Waals surface area (Å²) in [6.07, 6.45) is 17.7. The van der Waals surface area contributed by atoms with Crippen LogP contribution in [0.25, 0.3) is 0 Å². The lowest BCUT2D eigenvalue weighted by molar-refractivity contribution is -0.133. The number of hydrogen-bond donors (Lipinski definition) is 1. The van der Waals surface area contributed by atoms with Crippen LogP contribution in [0.15, 0.2) is 0 Å². The molecule has 0 aromatic rings. The number of aliphatic hydroxyl groups excluding tert-OH is 1. The van der Waals surface area contributed by atoms with Crippen LogP contribution in [-0.4, -0.2) is 17.0 Å². The number of ether oxygens (including phenoxy) is 1. The van der Waals surface area contributed by atoms with Crippen LogP contribution < -0.4 is 0 Å². The Bertz CT molecular complexity index is 229. The summed E-state index contributed by atoms with van der Waals surface area (Å²) >= 11 is 0. The van der Waals surface area contributed by atoms with E-state index in [-0.39, 0.29) is 5.60 Å². The first-order valence-corrected chi connectivity index (χ1v) is 9.02. The molecule has 0 spiro atoms. The molecule has 1 aliphatic heterocycles. The summed E-state index contributed by atoms with van der Waals surface area (Å²) in [6, 6.07) is 0. The highest BCUT2D eigenvalue weighted by Crippen LogP contribution is 2.33. The lowest BCUT2D eigenvalue weighted by Crippen LogP contribution is -2.24. The van der Waals surface area contributed by atoms with E-state index in [2.05, 4.69) is 13.8 Å². The van der Waals surface area contributed by atoms with E-state index in [9.17, 15) is 5.11 Å². The topological polar surface area (TPSA) is 29.5 Å². The van der Waals surface area contributed by atoms with E-state index in [1.807, 2.05) is 0 Å². The van der Waals surface area contributed by atoms with Crippen molar-refractivity contribution < 1.29 is 9.84 Å². The van der Waals surface area contributed by atoms with Gasteiger partial charge in [-0.2, -0.15) is 0 Å². The molecule has 0 aliphatic carbocycles. The van der Waals surface area contributed by atoms with Gasteiger partial charge in [0.25, 0.3) is 0 Å². The molecular formula is C18H36O2. The molecule has 20 heavy (non-hydrogen) atoms. The van der Waals surface area contributed by atoms with Gasteiger partial charge in [-0.3, -0.25) is 0 Å². The van der Waals surface area contributed by atoms with Crippen molar-refractivity contribution in [1.29, 1.82) is 0 Å². The summed E-state index contributed by atoms with van der Waals surface area (Å²) < 4.78 is 5.60. The maximum Gasteiger partial charge on any atom is 0.155 e. The Kier molecular flexibility index (Phi) is 9.54. The van der Waals surface area contributed by atoms with Crippen molar-refractivity contribution in [1.82, 2.24) is 0 Å². The van der Waals surface area contributed by atoms with E-state index < -0.39 is 6.29 Å². The minimum Gasteiger partial charge on any atom is -0.368 e. The molecule has 0 amide bonds. The fourth-order valence-electron chi connectivity index (χ4n) is 3.22. The van der Waals surface area contributed by atoms with Gasteiger partial charge in [-0.25, -0.2) is 0 Å². The predicted molar refractivity (Wildman–Crippen MR) is 85.8 cm³/mol. The molecule has 2 atom stereocenters. The molecule has 120 valence electrons. The minimum absolute atomic E-state index is 0.0430. The zero-order valence-corrected chi connectivity index (χ0v) is 13.8. The fraction of sp³-hybridized carbons (Fsp3) is 1.00. The van der Waals surface area contributed by atoms with Crippen molar-refractivity contribution in [2.75, 3.05) is 0 Å². The first-order chi connectivity index (χ1) is 9.66. The molecular weight excluding hydrogens is 248 g/mol. The van der Waals surface area contributed by atoms with Crippen LogP contribution in [0.3, 0.4) is 0 Å². The molecule has 1 N–H and O–H groups in total. The maximum absolute atomic E-state index is 9.42. The number of rotatable bonds is 12. The van der Waals surface area contributed by atoms with Crippen molar-refractivity contribution in [3.05, 3.63) is 0 Å². The molecule has 0 aromatic heterocycles. The van der Waals surface area contributed by atoms with Crippen molar-refractivity contribution >= 4 is 0 Å². The highest BCUT2D eigenvalue weighted by atomic mass is 16.6. The Morgan fingerprint density at radius 1 is 0.900 bits per heavy atom. The highest BCUT2D eigenvalue weighted by Gasteiger charge is 2.34. The monoisotopic (exact) mass is 284 g/mol. The number of unbranched alkanes of at least 4 members (excludes halogenated alkanes) is 10. The Balaban J connectivity index is 1.81. The number of hydrogen-bond acceptors (Lipinski definition) is 2.